The van der Waals surface area contributed by atoms with E-state index in [4.69, 9.17) is 22.2 Å². The van der Waals surface area contributed by atoms with Gasteiger partial charge < -0.3 is 10.2 Å². The quantitative estimate of drug-likeness (QED) is 0.160. The molecular weight excluding hydrogens is 448 g/mol. The van der Waals surface area contributed by atoms with Gasteiger partial charge >= 0.3 is 0 Å². The molecule has 0 fully saturated rings. The minimum Gasteiger partial charge on any atom is -0.332 e. The molecule has 0 aliphatic rings. The van der Waals surface area contributed by atoms with Gasteiger partial charge in [0, 0.05) is 29.2 Å². The molecule has 0 bridgehead atoms. The van der Waals surface area contributed by atoms with E-state index in [0.717, 1.165) is 44.2 Å². The van der Waals surface area contributed by atoms with E-state index in [0.29, 0.717) is 5.11 Å². The molecule has 0 aliphatic carbocycles. The molecule has 0 saturated heterocycles. The van der Waals surface area contributed by atoms with Crippen LogP contribution in [-0.4, -0.2) is 22.1 Å². The van der Waals surface area contributed by atoms with Crippen LogP contribution < -0.4 is 10.2 Å². The van der Waals surface area contributed by atoms with Crippen LogP contribution in [0.25, 0.3) is 43.6 Å². The lowest BCUT2D eigenvalue weighted by Gasteiger charge is -2.22. The van der Waals surface area contributed by atoms with E-state index in [9.17, 15) is 0 Å². The van der Waals surface area contributed by atoms with Gasteiger partial charge in [0.1, 0.15) is 0 Å². The van der Waals surface area contributed by atoms with Gasteiger partial charge in [-0.3, -0.25) is 0 Å². The summed E-state index contributed by atoms with van der Waals surface area (Å²) in [7, 11) is 1.98. The Morgan fingerprint density at radius 1 is 0.686 bits per heavy atom. The van der Waals surface area contributed by atoms with Crippen molar-refractivity contribution in [1.82, 2.24) is 9.97 Å². The molecule has 35 heavy (non-hydrogen) atoms. The lowest BCUT2D eigenvalue weighted by Crippen LogP contribution is -2.30. The molecule has 6 rings (SSSR count). The Hall–Kier alpha value is -4.09. The van der Waals surface area contributed by atoms with E-state index in [1.807, 2.05) is 30.1 Å². The Morgan fingerprint density at radius 2 is 1.29 bits per heavy atom. The summed E-state index contributed by atoms with van der Waals surface area (Å²) in [6.07, 6.45) is 0. The van der Waals surface area contributed by atoms with Crippen LogP contribution in [-0.2, 0) is 0 Å². The summed E-state index contributed by atoms with van der Waals surface area (Å²) in [6, 6.07) is 29.2. The average molecular weight is 473 g/mol. The fraction of sp³-hybridized carbons (Fsp3) is 0.100. The second-order valence-electron chi connectivity index (χ2n) is 8.97. The van der Waals surface area contributed by atoms with Crippen molar-refractivity contribution in [2.45, 2.75) is 13.8 Å². The summed E-state index contributed by atoms with van der Waals surface area (Å²) in [5, 5.41) is 8.61. The molecule has 1 heterocycles. The first-order valence-corrected chi connectivity index (χ1v) is 12.0. The number of aryl methyl sites for hydroxylation is 2. The van der Waals surface area contributed by atoms with Crippen LogP contribution >= 0.6 is 12.2 Å². The van der Waals surface area contributed by atoms with Gasteiger partial charge in [-0.15, -0.1) is 0 Å². The number of hydrogen-bond donors (Lipinski definition) is 1. The topological polar surface area (TPSA) is 41.0 Å². The summed E-state index contributed by atoms with van der Waals surface area (Å²) in [6.45, 7) is 4.23. The summed E-state index contributed by atoms with van der Waals surface area (Å²) < 4.78 is 0. The molecule has 0 atom stereocenters. The third kappa shape index (κ3) is 3.65. The van der Waals surface area contributed by atoms with Crippen molar-refractivity contribution in [2.75, 3.05) is 17.3 Å². The number of fused-ring (bicyclic) bond motifs is 7. The summed E-state index contributed by atoms with van der Waals surface area (Å²) in [5.41, 5.74) is 7.98. The zero-order valence-corrected chi connectivity index (χ0v) is 20.6. The molecule has 0 aliphatic heterocycles. The number of hydrogen-bond acceptors (Lipinski definition) is 3. The van der Waals surface area contributed by atoms with E-state index in [-0.39, 0.29) is 0 Å². The van der Waals surface area contributed by atoms with Crippen LogP contribution in [0.2, 0.25) is 0 Å². The van der Waals surface area contributed by atoms with Gasteiger partial charge in [0.15, 0.2) is 5.11 Å². The molecule has 170 valence electrons. The molecule has 4 nitrogen and oxygen atoms in total. The van der Waals surface area contributed by atoms with E-state index in [1.165, 1.54) is 21.9 Å². The number of benzene rings is 5. The van der Waals surface area contributed by atoms with Crippen LogP contribution in [0, 0.1) is 13.8 Å². The summed E-state index contributed by atoms with van der Waals surface area (Å²) >= 11 is 5.71. The highest BCUT2D eigenvalue weighted by molar-refractivity contribution is 7.80. The fourth-order valence-electron chi connectivity index (χ4n) is 4.62. The van der Waals surface area contributed by atoms with Crippen LogP contribution in [0.4, 0.5) is 11.4 Å². The van der Waals surface area contributed by atoms with E-state index < -0.39 is 0 Å². The van der Waals surface area contributed by atoms with Crippen LogP contribution in [0.3, 0.4) is 0 Å². The molecule has 5 heteroatoms. The predicted molar refractivity (Wildman–Crippen MR) is 153 cm³/mol. The van der Waals surface area contributed by atoms with Gasteiger partial charge in [-0.1, -0.05) is 54.6 Å². The number of nitrogens with zero attached hydrogens (tertiary/aromatic N) is 3. The van der Waals surface area contributed by atoms with Crippen LogP contribution in [0.1, 0.15) is 11.1 Å². The van der Waals surface area contributed by atoms with Gasteiger partial charge in [0.05, 0.1) is 22.1 Å². The van der Waals surface area contributed by atoms with Crippen LogP contribution in [0.15, 0.2) is 84.9 Å². The largest absolute Gasteiger partial charge is 0.332 e. The van der Waals surface area contributed by atoms with E-state index >= 15 is 0 Å². The van der Waals surface area contributed by atoms with Gasteiger partial charge in [0.2, 0.25) is 0 Å². The Balaban J connectivity index is 1.43. The number of nitrogens with one attached hydrogen (secondary N) is 1. The summed E-state index contributed by atoms with van der Waals surface area (Å²) in [4.78, 5) is 12.1. The highest BCUT2D eigenvalue weighted by Crippen LogP contribution is 2.34. The second-order valence-corrected chi connectivity index (χ2v) is 9.36. The molecule has 6 aromatic rings. The van der Waals surface area contributed by atoms with Gasteiger partial charge in [-0.25, -0.2) is 9.97 Å². The zero-order valence-electron chi connectivity index (χ0n) is 19.8. The minimum absolute atomic E-state index is 0.623. The predicted octanol–water partition coefficient (Wildman–Crippen LogP) is 7.54. The molecule has 0 saturated carbocycles. The molecule has 0 amide bonds. The van der Waals surface area contributed by atoms with Crippen molar-refractivity contribution in [3.8, 4) is 0 Å². The Morgan fingerprint density at radius 3 is 1.91 bits per heavy atom. The third-order valence-electron chi connectivity index (χ3n) is 6.75. The monoisotopic (exact) mass is 472 g/mol. The first-order chi connectivity index (χ1) is 17.0. The fourth-order valence-corrected chi connectivity index (χ4v) is 4.84. The first kappa shape index (κ1) is 21.4. The Labute approximate surface area is 209 Å². The van der Waals surface area contributed by atoms with Crippen molar-refractivity contribution in [3.63, 3.8) is 0 Å². The molecule has 0 unspecified atom stereocenters. The van der Waals surface area contributed by atoms with Crippen LogP contribution in [0.5, 0.6) is 0 Å². The highest BCUT2D eigenvalue weighted by atomic mass is 32.1. The Bertz CT molecular complexity index is 1790. The molecule has 0 radical (unpaired) electrons. The maximum absolute atomic E-state index is 5.71. The molecule has 5 aromatic carbocycles. The van der Waals surface area contributed by atoms with E-state index in [1.54, 1.807) is 0 Å². The normalized spacial score (nSPS) is 11.4. The average Bonchev–Trinajstić information content (AvgIpc) is 2.89. The molecule has 0 spiro atoms. The molecule has 1 aromatic heterocycles. The maximum atomic E-state index is 5.71. The van der Waals surface area contributed by atoms with Crippen molar-refractivity contribution in [3.05, 3.63) is 96.1 Å². The SMILES string of the molecule is Cc1ccc(N(C)C(=S)Nc2ccc3nc4c5ccccc5c5ccccc5c4nc3c2)cc1C. The van der Waals surface area contributed by atoms with Gasteiger partial charge in [-0.2, -0.15) is 0 Å². The minimum atomic E-state index is 0.623. The third-order valence-corrected chi connectivity index (χ3v) is 7.13. The maximum Gasteiger partial charge on any atom is 0.177 e. The van der Waals surface area contributed by atoms with Crippen molar-refractivity contribution in [2.24, 2.45) is 0 Å². The lowest BCUT2D eigenvalue weighted by molar-refractivity contribution is 1.24. The standard InChI is InChI=1S/C30H24N4S/c1-18-12-14-21(16-19(18)2)34(3)30(35)31-20-13-15-26-27(17-20)33-29-25-11-7-5-9-23(25)22-8-4-6-10-24(22)28(29)32-26/h4-17H,1-3H3,(H,31,35). The van der Waals surface area contributed by atoms with Gasteiger partial charge in [-0.05, 0) is 78.3 Å². The van der Waals surface area contributed by atoms with E-state index in [2.05, 4.69) is 85.9 Å². The highest BCUT2D eigenvalue weighted by Gasteiger charge is 2.13. The first-order valence-electron chi connectivity index (χ1n) is 11.6. The number of rotatable bonds is 2. The second kappa shape index (κ2) is 8.29. The number of thiocarbonyl (C=S) groups is 1. The number of aromatic nitrogens is 2. The van der Waals surface area contributed by atoms with Crippen molar-refractivity contribution >= 4 is 72.3 Å². The Kier molecular flexibility index (Phi) is 5.08. The smallest absolute Gasteiger partial charge is 0.177 e. The van der Waals surface area contributed by atoms with Gasteiger partial charge in [0.25, 0.3) is 0 Å². The van der Waals surface area contributed by atoms with Crippen molar-refractivity contribution < 1.29 is 0 Å². The number of anilines is 2. The van der Waals surface area contributed by atoms with Crippen molar-refractivity contribution in [1.29, 1.82) is 0 Å². The zero-order chi connectivity index (χ0) is 24.1. The lowest BCUT2D eigenvalue weighted by atomic mass is 9.99. The molecule has 1 N–H and O–H groups in total. The summed E-state index contributed by atoms with van der Waals surface area (Å²) in [5.74, 6) is 0. The molecular formula is C30H24N4S.